The first kappa shape index (κ1) is 10.2. The second kappa shape index (κ2) is 3.07. The van der Waals surface area contributed by atoms with E-state index in [0.717, 1.165) is 4.88 Å². The van der Waals surface area contributed by atoms with E-state index in [-0.39, 0.29) is 17.3 Å². The standard InChI is InChI=1S/C11H11NO2S/c1-11(2)8(9(11)10(13)14)7-4-3-6(5-12)15-7/h3-4,8-9H,1-2H3,(H,13,14)/t8-,9+/m1/s1. The van der Waals surface area contributed by atoms with Gasteiger partial charge in [0.25, 0.3) is 0 Å². The predicted octanol–water partition coefficient (Wildman–Crippen LogP) is 2.44. The Bertz CT molecular complexity index is 455. The quantitative estimate of drug-likeness (QED) is 0.834. The van der Waals surface area contributed by atoms with Gasteiger partial charge < -0.3 is 5.11 Å². The van der Waals surface area contributed by atoms with Crippen LogP contribution in [0.1, 0.15) is 29.5 Å². The van der Waals surface area contributed by atoms with E-state index in [2.05, 4.69) is 6.07 Å². The maximum atomic E-state index is 11.0. The van der Waals surface area contributed by atoms with Gasteiger partial charge in [-0.1, -0.05) is 13.8 Å². The molecule has 0 unspecified atom stereocenters. The highest BCUT2D eigenvalue weighted by Crippen LogP contribution is 2.65. The number of carboxylic acid groups (broad SMARTS) is 1. The molecule has 3 nitrogen and oxygen atoms in total. The Labute approximate surface area is 92.0 Å². The summed E-state index contributed by atoms with van der Waals surface area (Å²) >= 11 is 1.40. The molecule has 78 valence electrons. The van der Waals surface area contributed by atoms with E-state index in [4.69, 9.17) is 10.4 Å². The zero-order valence-electron chi connectivity index (χ0n) is 8.52. The van der Waals surface area contributed by atoms with Gasteiger partial charge in [0.05, 0.1) is 5.92 Å². The molecule has 1 fully saturated rings. The number of carboxylic acids is 1. The Morgan fingerprint density at radius 3 is 2.67 bits per heavy atom. The summed E-state index contributed by atoms with van der Waals surface area (Å²) in [6.45, 7) is 3.92. The summed E-state index contributed by atoms with van der Waals surface area (Å²) in [5, 5.41) is 17.7. The zero-order valence-corrected chi connectivity index (χ0v) is 9.34. The van der Waals surface area contributed by atoms with Crippen LogP contribution in [0.4, 0.5) is 0 Å². The molecule has 1 aromatic heterocycles. The van der Waals surface area contributed by atoms with E-state index >= 15 is 0 Å². The van der Waals surface area contributed by atoms with Crippen molar-refractivity contribution in [3.63, 3.8) is 0 Å². The molecule has 4 heteroatoms. The number of nitrogens with zero attached hydrogens (tertiary/aromatic N) is 1. The maximum absolute atomic E-state index is 11.0. The molecule has 0 aliphatic heterocycles. The third-order valence-electron chi connectivity index (χ3n) is 3.14. The molecular formula is C11H11NO2S. The maximum Gasteiger partial charge on any atom is 0.307 e. The summed E-state index contributed by atoms with van der Waals surface area (Å²) in [5.74, 6) is -0.971. The minimum atomic E-state index is -0.739. The van der Waals surface area contributed by atoms with Gasteiger partial charge in [0.15, 0.2) is 0 Å². The van der Waals surface area contributed by atoms with Gasteiger partial charge in [-0.25, -0.2) is 0 Å². The summed E-state index contributed by atoms with van der Waals surface area (Å²) in [6.07, 6.45) is 0. The summed E-state index contributed by atoms with van der Waals surface area (Å²) in [5.41, 5.74) is -0.177. The van der Waals surface area contributed by atoms with Crippen LogP contribution in [0.3, 0.4) is 0 Å². The summed E-state index contributed by atoms with van der Waals surface area (Å²) in [7, 11) is 0. The molecule has 1 aromatic rings. The molecule has 2 rings (SSSR count). The Hall–Kier alpha value is -1.34. The van der Waals surface area contributed by atoms with Gasteiger partial charge in [-0.05, 0) is 17.5 Å². The first-order valence-electron chi connectivity index (χ1n) is 4.71. The van der Waals surface area contributed by atoms with E-state index < -0.39 is 5.97 Å². The van der Waals surface area contributed by atoms with Gasteiger partial charge in [0.2, 0.25) is 0 Å². The van der Waals surface area contributed by atoms with Crippen molar-refractivity contribution >= 4 is 17.3 Å². The predicted molar refractivity (Wildman–Crippen MR) is 56.7 cm³/mol. The highest BCUT2D eigenvalue weighted by molar-refractivity contribution is 7.12. The van der Waals surface area contributed by atoms with E-state index in [9.17, 15) is 4.79 Å². The molecule has 1 aliphatic rings. The van der Waals surface area contributed by atoms with Crippen LogP contribution in [-0.4, -0.2) is 11.1 Å². The zero-order chi connectivity index (χ0) is 11.2. The van der Waals surface area contributed by atoms with Crippen molar-refractivity contribution in [2.45, 2.75) is 19.8 Å². The SMILES string of the molecule is CC1(C)[C@H](C(=O)O)[C@H]1c1ccc(C#N)s1. The molecule has 1 N–H and O–H groups in total. The summed E-state index contributed by atoms with van der Waals surface area (Å²) in [4.78, 5) is 12.6. The molecule has 0 amide bonds. The van der Waals surface area contributed by atoms with Gasteiger partial charge in [-0.15, -0.1) is 11.3 Å². The average Bonchev–Trinajstić information content (AvgIpc) is 2.59. The van der Waals surface area contributed by atoms with Gasteiger partial charge in [0, 0.05) is 10.8 Å². The second-order valence-corrected chi connectivity index (χ2v) is 5.54. The molecule has 1 heterocycles. The van der Waals surface area contributed by atoms with Crippen molar-refractivity contribution < 1.29 is 9.90 Å². The third-order valence-corrected chi connectivity index (χ3v) is 4.21. The molecule has 0 radical (unpaired) electrons. The van der Waals surface area contributed by atoms with Crippen LogP contribution in [0.25, 0.3) is 0 Å². The number of hydrogen-bond acceptors (Lipinski definition) is 3. The summed E-state index contributed by atoms with van der Waals surface area (Å²) in [6, 6.07) is 5.70. The van der Waals surface area contributed by atoms with Gasteiger partial charge in [-0.2, -0.15) is 5.26 Å². The fourth-order valence-corrected chi connectivity index (χ4v) is 3.35. The monoisotopic (exact) mass is 221 g/mol. The molecule has 0 bridgehead atoms. The average molecular weight is 221 g/mol. The molecule has 2 atom stereocenters. The van der Waals surface area contributed by atoms with Crippen LogP contribution in [0.2, 0.25) is 0 Å². The highest BCUT2D eigenvalue weighted by Gasteiger charge is 2.63. The smallest absolute Gasteiger partial charge is 0.307 e. The van der Waals surface area contributed by atoms with Crippen LogP contribution in [0.15, 0.2) is 12.1 Å². The van der Waals surface area contributed by atoms with E-state index in [1.54, 1.807) is 6.07 Å². The fourth-order valence-electron chi connectivity index (χ4n) is 2.21. The van der Waals surface area contributed by atoms with Gasteiger partial charge >= 0.3 is 5.97 Å². The minimum absolute atomic E-state index is 0.0714. The van der Waals surface area contributed by atoms with E-state index in [1.165, 1.54) is 11.3 Å². The molecule has 0 aromatic carbocycles. The lowest BCUT2D eigenvalue weighted by Crippen LogP contribution is -2.02. The molecule has 0 spiro atoms. The molecule has 15 heavy (non-hydrogen) atoms. The Kier molecular flexibility index (Phi) is 2.09. The van der Waals surface area contributed by atoms with Crippen molar-refractivity contribution in [1.29, 1.82) is 5.26 Å². The van der Waals surface area contributed by atoms with Crippen molar-refractivity contribution in [3.05, 3.63) is 21.9 Å². The lowest BCUT2D eigenvalue weighted by atomic mass is 10.1. The Morgan fingerprint density at radius 1 is 1.60 bits per heavy atom. The third kappa shape index (κ3) is 1.44. The Morgan fingerprint density at radius 2 is 2.27 bits per heavy atom. The van der Waals surface area contributed by atoms with Crippen LogP contribution in [0.5, 0.6) is 0 Å². The summed E-state index contributed by atoms with van der Waals surface area (Å²) < 4.78 is 0. The number of aliphatic carboxylic acids is 1. The van der Waals surface area contributed by atoms with Gasteiger partial charge in [-0.3, -0.25) is 4.79 Å². The first-order valence-corrected chi connectivity index (χ1v) is 5.52. The Balaban J connectivity index is 2.28. The fraction of sp³-hybridized carbons (Fsp3) is 0.455. The lowest BCUT2D eigenvalue weighted by molar-refractivity contribution is -0.139. The van der Waals surface area contributed by atoms with Crippen molar-refractivity contribution in [3.8, 4) is 6.07 Å². The number of nitriles is 1. The highest BCUT2D eigenvalue weighted by atomic mass is 32.1. The van der Waals surface area contributed by atoms with E-state index in [1.807, 2.05) is 19.9 Å². The number of thiophene rings is 1. The number of rotatable bonds is 2. The van der Waals surface area contributed by atoms with Crippen LogP contribution in [0, 0.1) is 22.7 Å². The minimum Gasteiger partial charge on any atom is -0.481 e. The molecule has 1 aliphatic carbocycles. The van der Waals surface area contributed by atoms with Crippen LogP contribution < -0.4 is 0 Å². The number of carbonyl (C=O) groups is 1. The largest absolute Gasteiger partial charge is 0.481 e. The van der Waals surface area contributed by atoms with Crippen LogP contribution >= 0.6 is 11.3 Å². The normalized spacial score (nSPS) is 27.0. The topological polar surface area (TPSA) is 61.1 Å². The first-order chi connectivity index (χ1) is 6.98. The van der Waals surface area contributed by atoms with Crippen molar-refractivity contribution in [2.75, 3.05) is 0 Å². The van der Waals surface area contributed by atoms with Crippen LogP contribution in [-0.2, 0) is 4.79 Å². The van der Waals surface area contributed by atoms with Crippen molar-refractivity contribution in [1.82, 2.24) is 0 Å². The van der Waals surface area contributed by atoms with Gasteiger partial charge in [0.1, 0.15) is 10.9 Å². The molecule has 0 saturated heterocycles. The van der Waals surface area contributed by atoms with Crippen molar-refractivity contribution in [2.24, 2.45) is 11.3 Å². The van der Waals surface area contributed by atoms with E-state index in [0.29, 0.717) is 4.88 Å². The number of hydrogen-bond donors (Lipinski definition) is 1. The molecular weight excluding hydrogens is 210 g/mol. The second-order valence-electron chi connectivity index (χ2n) is 4.43. The molecule has 1 saturated carbocycles. The lowest BCUT2D eigenvalue weighted by Gasteiger charge is -1.97.